The Morgan fingerprint density at radius 1 is 0.357 bits per heavy atom. The Labute approximate surface area is 243 Å². The highest BCUT2D eigenvalue weighted by atomic mass is 14.9. The molecule has 0 N–H and O–H groups in total. The Balaban J connectivity index is 1.49. The van der Waals surface area contributed by atoms with E-state index >= 15 is 0 Å². The zero-order chi connectivity index (χ0) is 27.9. The zero-order valence-electron chi connectivity index (χ0n) is 22.6. The van der Waals surface area contributed by atoms with Crippen LogP contribution in [0.2, 0.25) is 0 Å². The predicted octanol–water partition coefficient (Wildman–Crippen LogP) is 9.39. The molecule has 8 rings (SSSR count). The van der Waals surface area contributed by atoms with Gasteiger partial charge < -0.3 is 0 Å². The van der Waals surface area contributed by atoms with Gasteiger partial charge in [0.15, 0.2) is 11.6 Å². The molecule has 0 fully saturated rings. The van der Waals surface area contributed by atoms with Crippen molar-refractivity contribution >= 4 is 32.3 Å². The fourth-order valence-corrected chi connectivity index (χ4v) is 5.94. The molecule has 6 aromatic carbocycles. The molecule has 196 valence electrons. The first-order valence-electron chi connectivity index (χ1n) is 14.0. The van der Waals surface area contributed by atoms with Gasteiger partial charge in [-0.3, -0.25) is 0 Å². The van der Waals surface area contributed by atoms with Gasteiger partial charge in [-0.05, 0) is 39.1 Å². The largest absolute Gasteiger partial charge is 0.237 e. The van der Waals surface area contributed by atoms with E-state index in [1.807, 2.05) is 85.2 Å². The lowest BCUT2D eigenvalue weighted by Crippen LogP contribution is -1.97. The first-order valence-corrected chi connectivity index (χ1v) is 14.0. The minimum Gasteiger partial charge on any atom is -0.237 e. The van der Waals surface area contributed by atoms with Crippen LogP contribution in [0, 0.1) is 0 Å². The Morgan fingerprint density at radius 3 is 1.48 bits per heavy atom. The van der Waals surface area contributed by atoms with Crippen molar-refractivity contribution in [3.05, 3.63) is 146 Å². The van der Waals surface area contributed by atoms with Crippen molar-refractivity contribution in [3.63, 3.8) is 0 Å². The van der Waals surface area contributed by atoms with Gasteiger partial charge in [0.25, 0.3) is 0 Å². The van der Waals surface area contributed by atoms with Gasteiger partial charge in [0.2, 0.25) is 0 Å². The molecule has 0 aliphatic rings. The summed E-state index contributed by atoms with van der Waals surface area (Å²) in [7, 11) is 0. The van der Waals surface area contributed by atoms with E-state index in [1.165, 1.54) is 10.8 Å². The maximum absolute atomic E-state index is 5.14. The quantitative estimate of drug-likeness (QED) is 0.166. The Hall–Kier alpha value is -5.74. The molecular weight excluding hydrogens is 512 g/mol. The molecule has 0 saturated carbocycles. The molecule has 0 amide bonds. The SMILES string of the molecule is c1ccc(-c2nccc(-c3c4ccccc4c(-c4ccnc(-c5ccccc5)n4)c4c3ccc3ccccc34)n2)cc1. The van der Waals surface area contributed by atoms with E-state index in [-0.39, 0.29) is 0 Å². The second-order valence-corrected chi connectivity index (χ2v) is 10.3. The van der Waals surface area contributed by atoms with Gasteiger partial charge in [-0.25, -0.2) is 19.9 Å². The van der Waals surface area contributed by atoms with Gasteiger partial charge in [-0.1, -0.05) is 121 Å². The molecule has 0 unspecified atom stereocenters. The molecule has 4 heteroatoms. The van der Waals surface area contributed by atoms with Gasteiger partial charge in [-0.2, -0.15) is 0 Å². The van der Waals surface area contributed by atoms with E-state index in [0.29, 0.717) is 11.6 Å². The van der Waals surface area contributed by atoms with Crippen LogP contribution in [0.4, 0.5) is 0 Å². The topological polar surface area (TPSA) is 51.6 Å². The van der Waals surface area contributed by atoms with Crippen LogP contribution >= 0.6 is 0 Å². The van der Waals surface area contributed by atoms with Gasteiger partial charge >= 0.3 is 0 Å². The Bertz CT molecular complexity index is 2240. The van der Waals surface area contributed by atoms with Crippen LogP contribution in [0.5, 0.6) is 0 Å². The van der Waals surface area contributed by atoms with Gasteiger partial charge in [-0.15, -0.1) is 0 Å². The van der Waals surface area contributed by atoms with Crippen molar-refractivity contribution in [2.45, 2.75) is 0 Å². The van der Waals surface area contributed by atoms with Crippen LogP contribution in [0.25, 0.3) is 77.6 Å². The van der Waals surface area contributed by atoms with E-state index in [2.05, 4.69) is 70.6 Å². The summed E-state index contributed by atoms with van der Waals surface area (Å²) in [5, 5.41) is 6.87. The molecule has 0 saturated heterocycles. The maximum atomic E-state index is 5.14. The van der Waals surface area contributed by atoms with E-state index in [4.69, 9.17) is 9.97 Å². The molecule has 0 atom stereocenters. The Kier molecular flexibility index (Phi) is 5.75. The van der Waals surface area contributed by atoms with Gasteiger partial charge in [0, 0.05) is 40.0 Å². The van der Waals surface area contributed by atoms with Crippen molar-refractivity contribution in [2.75, 3.05) is 0 Å². The lowest BCUT2D eigenvalue weighted by molar-refractivity contribution is 1.18. The average Bonchev–Trinajstić information content (AvgIpc) is 3.08. The number of rotatable bonds is 4. The molecule has 2 heterocycles. The fourth-order valence-electron chi connectivity index (χ4n) is 5.94. The molecule has 8 aromatic rings. The van der Waals surface area contributed by atoms with Gasteiger partial charge in [0.1, 0.15) is 0 Å². The molecule has 0 aliphatic carbocycles. The normalized spacial score (nSPS) is 11.3. The van der Waals surface area contributed by atoms with E-state index in [1.54, 1.807) is 0 Å². The van der Waals surface area contributed by atoms with Crippen LogP contribution in [-0.4, -0.2) is 19.9 Å². The summed E-state index contributed by atoms with van der Waals surface area (Å²) >= 11 is 0. The average molecular weight is 537 g/mol. The van der Waals surface area contributed by atoms with Crippen LogP contribution in [0.1, 0.15) is 0 Å². The molecular formula is C38H24N4. The van der Waals surface area contributed by atoms with Gasteiger partial charge in [0.05, 0.1) is 11.4 Å². The third kappa shape index (κ3) is 4.01. The second-order valence-electron chi connectivity index (χ2n) is 10.3. The first kappa shape index (κ1) is 24.1. The Morgan fingerprint density at radius 2 is 0.857 bits per heavy atom. The lowest BCUT2D eigenvalue weighted by Gasteiger charge is -2.19. The fraction of sp³-hybridized carbons (Fsp3) is 0. The number of hydrogen-bond acceptors (Lipinski definition) is 4. The summed E-state index contributed by atoms with van der Waals surface area (Å²) in [6.45, 7) is 0. The number of nitrogens with zero attached hydrogens (tertiary/aromatic N) is 4. The summed E-state index contributed by atoms with van der Waals surface area (Å²) in [5.74, 6) is 1.41. The highest BCUT2D eigenvalue weighted by Crippen LogP contribution is 2.45. The van der Waals surface area contributed by atoms with Crippen molar-refractivity contribution in [1.82, 2.24) is 19.9 Å². The van der Waals surface area contributed by atoms with Crippen LogP contribution < -0.4 is 0 Å². The minimum atomic E-state index is 0.706. The summed E-state index contributed by atoms with van der Waals surface area (Å²) in [5.41, 5.74) is 5.94. The van der Waals surface area contributed by atoms with E-state index in [9.17, 15) is 0 Å². The van der Waals surface area contributed by atoms with E-state index < -0.39 is 0 Å². The number of aromatic nitrogens is 4. The number of fused-ring (bicyclic) bond motifs is 4. The third-order valence-corrected chi connectivity index (χ3v) is 7.80. The van der Waals surface area contributed by atoms with E-state index in [0.717, 1.165) is 55.2 Å². The molecule has 0 radical (unpaired) electrons. The smallest absolute Gasteiger partial charge is 0.159 e. The second kappa shape index (κ2) is 10.0. The lowest BCUT2D eigenvalue weighted by atomic mass is 9.86. The highest BCUT2D eigenvalue weighted by molar-refractivity contribution is 6.27. The molecule has 0 aliphatic heterocycles. The van der Waals surface area contributed by atoms with Crippen LogP contribution in [-0.2, 0) is 0 Å². The maximum Gasteiger partial charge on any atom is 0.159 e. The summed E-state index contributed by atoms with van der Waals surface area (Å²) < 4.78 is 0. The monoisotopic (exact) mass is 536 g/mol. The van der Waals surface area contributed by atoms with Crippen LogP contribution in [0.3, 0.4) is 0 Å². The molecule has 42 heavy (non-hydrogen) atoms. The van der Waals surface area contributed by atoms with Crippen molar-refractivity contribution in [1.29, 1.82) is 0 Å². The minimum absolute atomic E-state index is 0.706. The predicted molar refractivity (Wildman–Crippen MR) is 172 cm³/mol. The summed E-state index contributed by atoms with van der Waals surface area (Å²) in [4.78, 5) is 19.5. The molecule has 2 aromatic heterocycles. The zero-order valence-corrected chi connectivity index (χ0v) is 22.6. The van der Waals surface area contributed by atoms with Crippen LogP contribution in [0.15, 0.2) is 146 Å². The standard InChI is InChI=1S/C38H24N4/c1-3-12-26(13-4-1)37-39-23-21-32(41-37)34-29-17-9-10-18-30(29)36(35-28-16-8-7-11-25(28)19-20-31(34)35)33-22-24-40-38(42-33)27-14-5-2-6-15-27/h1-24H. The first-order chi connectivity index (χ1) is 20.8. The highest BCUT2D eigenvalue weighted by Gasteiger charge is 2.21. The van der Waals surface area contributed by atoms with Crippen molar-refractivity contribution in [2.24, 2.45) is 0 Å². The number of hydrogen-bond donors (Lipinski definition) is 0. The third-order valence-electron chi connectivity index (χ3n) is 7.80. The van der Waals surface area contributed by atoms with Crippen molar-refractivity contribution < 1.29 is 0 Å². The molecule has 0 bridgehead atoms. The van der Waals surface area contributed by atoms with Crippen molar-refractivity contribution in [3.8, 4) is 45.3 Å². The molecule has 0 spiro atoms. The summed E-state index contributed by atoms with van der Waals surface area (Å²) in [6.07, 6.45) is 3.72. The summed E-state index contributed by atoms with van der Waals surface area (Å²) in [6, 6.07) is 45.9. The number of benzene rings is 6. The molecule has 4 nitrogen and oxygen atoms in total.